The summed E-state index contributed by atoms with van der Waals surface area (Å²) in [7, 11) is 1.58. The minimum absolute atomic E-state index is 0.120. The van der Waals surface area contributed by atoms with Gasteiger partial charge in [0.05, 0.1) is 33.5 Å². The Bertz CT molecular complexity index is 2110. The second-order valence-corrected chi connectivity index (χ2v) is 20.2. The van der Waals surface area contributed by atoms with E-state index in [-0.39, 0.29) is 71.1 Å². The molecule has 0 spiro atoms. The lowest BCUT2D eigenvalue weighted by molar-refractivity contribution is -0.151. The summed E-state index contributed by atoms with van der Waals surface area (Å²) >= 11 is 0. The number of carbonyl (C=O) groups is 4. The standard InChI is InChI=1S/C50H63N5O9/c1-47(2,3)28-61-41(56)38(42(57)62-29-48(4,5)6)26-32-14-20-35(21-15-32)51-45-53-40(34-18-24-37(60-13)25-19-34)54-46(55-45)52-36-22-16-33(17-23-36)27-39(43(58)63-30-49(7,8)9)44(59)64-31-50(10,11)12/h14-27H,28-31H2,1-13H3,(H2,51,52,53,54,55). The van der Waals surface area contributed by atoms with Crippen molar-refractivity contribution in [1.29, 1.82) is 0 Å². The normalized spacial score (nSPS) is 11.7. The van der Waals surface area contributed by atoms with Gasteiger partial charge < -0.3 is 34.3 Å². The number of hydrogen-bond acceptors (Lipinski definition) is 14. The maximum Gasteiger partial charge on any atom is 0.345 e. The molecule has 14 nitrogen and oxygen atoms in total. The highest BCUT2D eigenvalue weighted by molar-refractivity contribution is 6.18. The van der Waals surface area contributed by atoms with Crippen LogP contribution in [-0.2, 0) is 38.1 Å². The molecule has 0 bridgehead atoms. The SMILES string of the molecule is COc1ccc(-c2nc(Nc3ccc(C=C(C(=O)OCC(C)(C)C)C(=O)OCC(C)(C)C)cc3)nc(Nc3ccc(C=C(C(=O)OCC(C)(C)C)C(=O)OCC(C)(C)C)cc3)n2)cc1. The van der Waals surface area contributed by atoms with E-state index in [1.807, 2.05) is 95.2 Å². The summed E-state index contributed by atoms with van der Waals surface area (Å²) < 4.78 is 27.3. The zero-order valence-corrected chi connectivity index (χ0v) is 39.4. The number of methoxy groups -OCH3 is 1. The Kier molecular flexibility index (Phi) is 16.6. The molecule has 64 heavy (non-hydrogen) atoms. The average molecular weight is 878 g/mol. The van der Waals surface area contributed by atoms with Crippen LogP contribution in [0.25, 0.3) is 23.5 Å². The van der Waals surface area contributed by atoms with Crippen LogP contribution in [0.4, 0.5) is 23.3 Å². The first kappa shape index (κ1) is 50.1. The van der Waals surface area contributed by atoms with Crippen molar-refractivity contribution < 1.29 is 42.9 Å². The summed E-state index contributed by atoms with van der Waals surface area (Å²) in [5.41, 5.74) is 1.40. The smallest absolute Gasteiger partial charge is 0.345 e. The van der Waals surface area contributed by atoms with E-state index < -0.39 is 23.9 Å². The monoisotopic (exact) mass is 877 g/mol. The van der Waals surface area contributed by atoms with Gasteiger partial charge in [-0.1, -0.05) is 107 Å². The Balaban J connectivity index is 1.63. The van der Waals surface area contributed by atoms with Crippen LogP contribution in [0, 0.1) is 21.7 Å². The molecule has 2 N–H and O–H groups in total. The molecule has 0 aliphatic heterocycles. The summed E-state index contributed by atoms with van der Waals surface area (Å²) in [5.74, 6) is -1.61. The van der Waals surface area contributed by atoms with Crippen molar-refractivity contribution in [1.82, 2.24) is 15.0 Å². The largest absolute Gasteiger partial charge is 0.497 e. The van der Waals surface area contributed by atoms with Crippen LogP contribution < -0.4 is 15.4 Å². The molecule has 0 saturated carbocycles. The predicted octanol–water partition coefficient (Wildman–Crippen LogP) is 10.2. The van der Waals surface area contributed by atoms with Gasteiger partial charge in [-0.3, -0.25) is 0 Å². The van der Waals surface area contributed by atoms with Crippen LogP contribution in [0.3, 0.4) is 0 Å². The van der Waals surface area contributed by atoms with E-state index in [4.69, 9.17) is 23.7 Å². The molecule has 4 aromatic rings. The summed E-state index contributed by atoms with van der Waals surface area (Å²) in [5, 5.41) is 6.45. The Morgan fingerprint density at radius 2 is 0.781 bits per heavy atom. The van der Waals surface area contributed by atoms with E-state index in [1.54, 1.807) is 67.8 Å². The maximum atomic E-state index is 13.1. The molecule has 1 aromatic heterocycles. The van der Waals surface area contributed by atoms with Crippen molar-refractivity contribution >= 4 is 59.3 Å². The molecule has 14 heteroatoms. The third kappa shape index (κ3) is 17.3. The Hall–Kier alpha value is -6.57. The van der Waals surface area contributed by atoms with Gasteiger partial charge in [0.2, 0.25) is 11.9 Å². The quantitative estimate of drug-likeness (QED) is 0.0357. The highest BCUT2D eigenvalue weighted by atomic mass is 16.6. The Morgan fingerprint density at radius 3 is 1.06 bits per heavy atom. The van der Waals surface area contributed by atoms with Gasteiger partial charge in [0, 0.05) is 16.9 Å². The number of rotatable bonds is 16. The summed E-state index contributed by atoms with van der Waals surface area (Å²) in [4.78, 5) is 66.6. The number of benzene rings is 3. The number of anilines is 4. The fourth-order valence-electron chi connectivity index (χ4n) is 5.12. The molecule has 0 amide bonds. The lowest BCUT2D eigenvalue weighted by Gasteiger charge is -2.20. The number of nitrogens with zero attached hydrogens (tertiary/aromatic N) is 3. The van der Waals surface area contributed by atoms with Crippen LogP contribution in [-0.4, -0.2) is 72.4 Å². The number of esters is 4. The lowest BCUT2D eigenvalue weighted by Crippen LogP contribution is -2.25. The molecule has 4 rings (SSSR count). The number of ether oxygens (including phenoxy) is 5. The zero-order valence-electron chi connectivity index (χ0n) is 39.4. The van der Waals surface area contributed by atoms with Gasteiger partial charge in [-0.2, -0.15) is 15.0 Å². The number of carbonyl (C=O) groups excluding carboxylic acids is 4. The van der Waals surface area contributed by atoms with Crippen LogP contribution in [0.2, 0.25) is 0 Å². The van der Waals surface area contributed by atoms with Crippen molar-refractivity contribution in [3.8, 4) is 17.1 Å². The van der Waals surface area contributed by atoms with Crippen molar-refractivity contribution in [3.05, 3.63) is 95.1 Å². The molecule has 0 fully saturated rings. The lowest BCUT2D eigenvalue weighted by atomic mass is 9.98. The van der Waals surface area contributed by atoms with Gasteiger partial charge in [0.25, 0.3) is 0 Å². The van der Waals surface area contributed by atoms with E-state index in [2.05, 4.69) is 25.6 Å². The fourth-order valence-corrected chi connectivity index (χ4v) is 5.12. The van der Waals surface area contributed by atoms with Crippen LogP contribution >= 0.6 is 0 Å². The first-order chi connectivity index (χ1) is 29.8. The van der Waals surface area contributed by atoms with Gasteiger partial charge in [-0.05, 0) is 93.5 Å². The topological polar surface area (TPSA) is 177 Å². The predicted molar refractivity (Wildman–Crippen MR) is 249 cm³/mol. The molecule has 0 atom stereocenters. The molecule has 0 saturated heterocycles. The third-order valence-electron chi connectivity index (χ3n) is 8.36. The minimum atomic E-state index is -0.768. The van der Waals surface area contributed by atoms with Gasteiger partial charge in [0.15, 0.2) is 5.82 Å². The average Bonchev–Trinajstić information content (AvgIpc) is 3.21. The second-order valence-electron chi connectivity index (χ2n) is 20.2. The van der Waals surface area contributed by atoms with Gasteiger partial charge in [-0.15, -0.1) is 0 Å². The van der Waals surface area contributed by atoms with E-state index in [1.165, 1.54) is 12.2 Å². The Labute approximate surface area is 377 Å². The van der Waals surface area contributed by atoms with E-state index in [9.17, 15) is 19.2 Å². The van der Waals surface area contributed by atoms with Crippen LogP contribution in [0.15, 0.2) is 83.9 Å². The second kappa shape index (κ2) is 21.2. The van der Waals surface area contributed by atoms with Crippen molar-refractivity contribution in [3.63, 3.8) is 0 Å². The first-order valence-electron chi connectivity index (χ1n) is 21.0. The highest BCUT2D eigenvalue weighted by Crippen LogP contribution is 2.26. The number of aromatic nitrogens is 3. The highest BCUT2D eigenvalue weighted by Gasteiger charge is 2.27. The summed E-state index contributed by atoms with van der Waals surface area (Å²) in [6, 6.07) is 21.2. The molecule has 0 radical (unpaired) electrons. The fraction of sp³-hybridized carbons (Fsp3) is 0.420. The number of hydrogen-bond donors (Lipinski definition) is 2. The van der Waals surface area contributed by atoms with Gasteiger partial charge in [0.1, 0.15) is 16.9 Å². The van der Waals surface area contributed by atoms with Crippen LogP contribution in [0.5, 0.6) is 5.75 Å². The van der Waals surface area contributed by atoms with E-state index in [0.29, 0.717) is 39.6 Å². The van der Waals surface area contributed by atoms with Crippen LogP contribution in [0.1, 0.15) is 94.2 Å². The Morgan fingerprint density at radius 1 is 0.469 bits per heavy atom. The first-order valence-corrected chi connectivity index (χ1v) is 21.0. The maximum absolute atomic E-state index is 13.1. The van der Waals surface area contributed by atoms with Gasteiger partial charge >= 0.3 is 23.9 Å². The van der Waals surface area contributed by atoms with E-state index >= 15 is 0 Å². The summed E-state index contributed by atoms with van der Waals surface area (Å²) in [6.07, 6.45) is 2.90. The minimum Gasteiger partial charge on any atom is -0.497 e. The van der Waals surface area contributed by atoms with Crippen molar-refractivity contribution in [2.24, 2.45) is 21.7 Å². The van der Waals surface area contributed by atoms with Gasteiger partial charge in [-0.25, -0.2) is 19.2 Å². The molecule has 1 heterocycles. The molecule has 0 unspecified atom stereocenters. The third-order valence-corrected chi connectivity index (χ3v) is 8.36. The van der Waals surface area contributed by atoms with Crippen molar-refractivity contribution in [2.75, 3.05) is 44.2 Å². The van der Waals surface area contributed by atoms with E-state index in [0.717, 1.165) is 0 Å². The molecule has 0 aliphatic rings. The molecular formula is C50H63N5O9. The molecule has 3 aromatic carbocycles. The number of nitrogens with one attached hydrogen (secondary N) is 2. The zero-order chi connectivity index (χ0) is 47.5. The molecule has 0 aliphatic carbocycles. The summed E-state index contributed by atoms with van der Waals surface area (Å²) in [6.45, 7) is 23.6. The van der Waals surface area contributed by atoms with Crippen molar-refractivity contribution in [2.45, 2.75) is 83.1 Å². The molecular weight excluding hydrogens is 815 g/mol. The molecule has 342 valence electrons.